The van der Waals surface area contributed by atoms with Crippen molar-refractivity contribution in [1.29, 1.82) is 0 Å². The lowest BCUT2D eigenvalue weighted by molar-refractivity contribution is -0.136. The Morgan fingerprint density at radius 1 is 1.15 bits per heavy atom. The lowest BCUT2D eigenvalue weighted by atomic mass is 10.2. The third-order valence-corrected chi connectivity index (χ3v) is 4.42. The van der Waals surface area contributed by atoms with Gasteiger partial charge in [0.15, 0.2) is 0 Å². The first-order chi connectivity index (χ1) is 12.5. The molecular formula is C21H21N3O2. The molecule has 5 heteroatoms. The first-order valence-electron chi connectivity index (χ1n) is 8.55. The number of amides is 2. The Kier molecular flexibility index (Phi) is 5.23. The van der Waals surface area contributed by atoms with Gasteiger partial charge in [-0.05, 0) is 43.7 Å². The van der Waals surface area contributed by atoms with E-state index in [-0.39, 0.29) is 6.04 Å². The van der Waals surface area contributed by atoms with Gasteiger partial charge in [0.2, 0.25) is 0 Å². The lowest BCUT2D eigenvalue weighted by Crippen LogP contribution is -2.43. The maximum absolute atomic E-state index is 12.2. The van der Waals surface area contributed by atoms with Crippen LogP contribution in [0.1, 0.15) is 17.5 Å². The van der Waals surface area contributed by atoms with Gasteiger partial charge in [-0.15, -0.1) is 6.42 Å². The van der Waals surface area contributed by atoms with Gasteiger partial charge in [-0.2, -0.15) is 0 Å². The molecule has 1 atom stereocenters. The van der Waals surface area contributed by atoms with Crippen LogP contribution in [-0.2, 0) is 9.59 Å². The van der Waals surface area contributed by atoms with Crippen LogP contribution in [0.2, 0.25) is 0 Å². The van der Waals surface area contributed by atoms with E-state index in [4.69, 9.17) is 6.42 Å². The number of nitrogens with zero attached hydrogens (tertiary/aromatic N) is 1. The fourth-order valence-corrected chi connectivity index (χ4v) is 2.99. The van der Waals surface area contributed by atoms with E-state index >= 15 is 0 Å². The number of hydrogen-bond donors (Lipinski definition) is 2. The molecule has 3 rings (SSSR count). The number of anilines is 2. The zero-order valence-electron chi connectivity index (χ0n) is 14.7. The minimum atomic E-state index is -0.687. The first-order valence-corrected chi connectivity index (χ1v) is 8.55. The van der Waals surface area contributed by atoms with E-state index < -0.39 is 11.8 Å². The van der Waals surface area contributed by atoms with E-state index in [0.717, 1.165) is 18.7 Å². The smallest absolute Gasteiger partial charge is 0.313 e. The molecule has 1 heterocycles. The zero-order chi connectivity index (χ0) is 18.5. The number of carbonyl (C=O) groups is 2. The Bertz CT molecular complexity index is 852. The van der Waals surface area contributed by atoms with Crippen molar-refractivity contribution in [3.05, 3.63) is 59.7 Å². The predicted molar refractivity (Wildman–Crippen MR) is 103 cm³/mol. The van der Waals surface area contributed by atoms with Gasteiger partial charge in [0, 0.05) is 36.1 Å². The number of hydrogen-bond acceptors (Lipinski definition) is 3. The minimum absolute atomic E-state index is 0.0494. The molecule has 0 spiro atoms. The average Bonchev–Trinajstić information content (AvgIpc) is 3.11. The van der Waals surface area contributed by atoms with Crippen molar-refractivity contribution in [2.45, 2.75) is 19.4 Å². The number of rotatable bonds is 3. The highest BCUT2D eigenvalue weighted by Gasteiger charge is 2.26. The van der Waals surface area contributed by atoms with Crippen molar-refractivity contribution in [3.63, 3.8) is 0 Å². The fourth-order valence-electron chi connectivity index (χ4n) is 2.99. The molecule has 1 fully saturated rings. The van der Waals surface area contributed by atoms with Crippen molar-refractivity contribution in [2.75, 3.05) is 23.3 Å². The molecule has 2 aromatic rings. The summed E-state index contributed by atoms with van der Waals surface area (Å²) in [6.07, 6.45) is 6.15. The number of benzene rings is 2. The standard InChI is InChI=1S/C21H21N3O2/c1-3-16-5-4-6-17(13-16)22-20(25)21(26)23-18-11-12-24(14-18)19-9-7-15(2)8-10-19/h1,4-10,13,18H,11-12,14H2,2H3,(H,22,25)(H,23,26)/t18-/m0/s1. The summed E-state index contributed by atoms with van der Waals surface area (Å²) in [4.78, 5) is 26.5. The van der Waals surface area contributed by atoms with Gasteiger partial charge in [-0.1, -0.05) is 29.7 Å². The third-order valence-electron chi connectivity index (χ3n) is 4.42. The second kappa shape index (κ2) is 7.75. The van der Waals surface area contributed by atoms with Gasteiger partial charge in [0.05, 0.1) is 0 Å². The Hall–Kier alpha value is -3.26. The highest BCUT2D eigenvalue weighted by atomic mass is 16.2. The van der Waals surface area contributed by atoms with Crippen molar-refractivity contribution in [3.8, 4) is 12.3 Å². The Labute approximate surface area is 153 Å². The molecule has 2 amide bonds. The molecule has 132 valence electrons. The quantitative estimate of drug-likeness (QED) is 0.662. The predicted octanol–water partition coefficient (Wildman–Crippen LogP) is 2.31. The summed E-state index contributed by atoms with van der Waals surface area (Å²) in [6, 6.07) is 15.1. The topological polar surface area (TPSA) is 61.4 Å². The van der Waals surface area contributed by atoms with E-state index in [1.54, 1.807) is 24.3 Å². The Balaban J connectivity index is 1.54. The van der Waals surface area contributed by atoms with E-state index in [1.165, 1.54) is 5.56 Å². The van der Waals surface area contributed by atoms with Crippen LogP contribution < -0.4 is 15.5 Å². The second-order valence-electron chi connectivity index (χ2n) is 6.42. The molecule has 2 N–H and O–H groups in total. The maximum Gasteiger partial charge on any atom is 0.313 e. The van der Waals surface area contributed by atoms with Crippen molar-refractivity contribution < 1.29 is 9.59 Å². The lowest BCUT2D eigenvalue weighted by Gasteiger charge is -2.19. The van der Waals surface area contributed by atoms with Crippen molar-refractivity contribution >= 4 is 23.2 Å². The first kappa shape index (κ1) is 17.6. The minimum Gasteiger partial charge on any atom is -0.369 e. The van der Waals surface area contributed by atoms with Crippen LogP contribution >= 0.6 is 0 Å². The zero-order valence-corrected chi connectivity index (χ0v) is 14.7. The van der Waals surface area contributed by atoms with Gasteiger partial charge in [0.1, 0.15) is 0 Å². The number of nitrogens with one attached hydrogen (secondary N) is 2. The highest BCUT2D eigenvalue weighted by Crippen LogP contribution is 2.20. The monoisotopic (exact) mass is 347 g/mol. The summed E-state index contributed by atoms with van der Waals surface area (Å²) in [7, 11) is 0. The van der Waals surface area contributed by atoms with E-state index in [0.29, 0.717) is 17.8 Å². The summed E-state index contributed by atoms with van der Waals surface area (Å²) < 4.78 is 0. The van der Waals surface area contributed by atoms with Crippen molar-refractivity contribution in [1.82, 2.24) is 5.32 Å². The maximum atomic E-state index is 12.2. The van der Waals surface area contributed by atoms with Gasteiger partial charge < -0.3 is 15.5 Å². The molecule has 0 aromatic heterocycles. The van der Waals surface area contributed by atoms with Crippen LogP contribution in [0.4, 0.5) is 11.4 Å². The second-order valence-corrected chi connectivity index (χ2v) is 6.42. The van der Waals surface area contributed by atoms with Gasteiger partial charge >= 0.3 is 11.8 Å². The molecule has 0 radical (unpaired) electrons. The highest BCUT2D eigenvalue weighted by molar-refractivity contribution is 6.39. The molecule has 1 aliphatic heterocycles. The summed E-state index contributed by atoms with van der Waals surface area (Å²) in [5.41, 5.74) is 3.49. The number of terminal acetylenes is 1. The van der Waals surface area contributed by atoms with Crippen LogP contribution in [0.25, 0.3) is 0 Å². The molecule has 26 heavy (non-hydrogen) atoms. The van der Waals surface area contributed by atoms with Crippen LogP contribution in [0.3, 0.4) is 0 Å². The molecule has 0 saturated carbocycles. The van der Waals surface area contributed by atoms with Crippen molar-refractivity contribution in [2.24, 2.45) is 0 Å². The molecule has 0 unspecified atom stereocenters. The molecular weight excluding hydrogens is 326 g/mol. The molecule has 0 bridgehead atoms. The molecule has 2 aromatic carbocycles. The van der Waals surface area contributed by atoms with Crippen LogP contribution in [0.5, 0.6) is 0 Å². The fraction of sp³-hybridized carbons (Fsp3) is 0.238. The third kappa shape index (κ3) is 4.22. The summed E-state index contributed by atoms with van der Waals surface area (Å²) in [5.74, 6) is 1.18. The van der Waals surface area contributed by atoms with Crippen LogP contribution in [0.15, 0.2) is 48.5 Å². The van der Waals surface area contributed by atoms with Gasteiger partial charge in [-0.3, -0.25) is 9.59 Å². The molecule has 0 aliphatic carbocycles. The Morgan fingerprint density at radius 3 is 2.65 bits per heavy atom. The molecule has 1 saturated heterocycles. The average molecular weight is 347 g/mol. The largest absolute Gasteiger partial charge is 0.369 e. The Morgan fingerprint density at radius 2 is 1.92 bits per heavy atom. The summed E-state index contributed by atoms with van der Waals surface area (Å²) in [5, 5.41) is 5.38. The molecule has 5 nitrogen and oxygen atoms in total. The number of carbonyl (C=O) groups excluding carboxylic acids is 2. The van der Waals surface area contributed by atoms with Crippen LogP contribution in [-0.4, -0.2) is 30.9 Å². The van der Waals surface area contributed by atoms with Crippen LogP contribution in [0, 0.1) is 19.3 Å². The SMILES string of the molecule is C#Cc1cccc(NC(=O)C(=O)N[C@H]2CCN(c3ccc(C)cc3)C2)c1. The van der Waals surface area contributed by atoms with E-state index in [9.17, 15) is 9.59 Å². The van der Waals surface area contributed by atoms with E-state index in [1.807, 2.05) is 0 Å². The van der Waals surface area contributed by atoms with Gasteiger partial charge in [-0.25, -0.2) is 0 Å². The molecule has 1 aliphatic rings. The van der Waals surface area contributed by atoms with Gasteiger partial charge in [0.25, 0.3) is 0 Å². The normalized spacial score (nSPS) is 16.0. The summed E-state index contributed by atoms with van der Waals surface area (Å²) >= 11 is 0. The van der Waals surface area contributed by atoms with E-state index in [2.05, 4.69) is 52.6 Å². The summed E-state index contributed by atoms with van der Waals surface area (Å²) in [6.45, 7) is 3.59. The number of aryl methyl sites for hydroxylation is 1.